The van der Waals surface area contributed by atoms with E-state index in [1.807, 2.05) is 39.8 Å². The van der Waals surface area contributed by atoms with Gasteiger partial charge in [-0.25, -0.2) is 0 Å². The van der Waals surface area contributed by atoms with Crippen LogP contribution in [0.4, 0.5) is 0 Å². The van der Waals surface area contributed by atoms with E-state index in [-0.39, 0.29) is 5.60 Å². The number of rotatable bonds is 11. The molecule has 2 aromatic rings. The molecule has 0 amide bonds. The summed E-state index contributed by atoms with van der Waals surface area (Å²) in [6.07, 6.45) is 7.81. The van der Waals surface area contributed by atoms with Gasteiger partial charge in [-0.1, -0.05) is 42.0 Å². The Bertz CT molecular complexity index is 1110. The second kappa shape index (κ2) is 14.9. The average molecular weight is 517 g/mol. The van der Waals surface area contributed by atoms with Gasteiger partial charge in [0, 0.05) is 13.1 Å². The molecular formula is C33H44N2O3. The van der Waals surface area contributed by atoms with Gasteiger partial charge in [-0.3, -0.25) is 0 Å². The zero-order valence-electron chi connectivity index (χ0n) is 23.5. The first kappa shape index (κ1) is 30.5. The van der Waals surface area contributed by atoms with Crippen LogP contribution in [0.3, 0.4) is 0 Å². The van der Waals surface area contributed by atoms with Crippen molar-refractivity contribution >= 4 is 12.3 Å². The van der Waals surface area contributed by atoms with Gasteiger partial charge >= 0.3 is 0 Å². The molecule has 1 unspecified atom stereocenters. The molecule has 0 radical (unpaired) electrons. The molecule has 38 heavy (non-hydrogen) atoms. The number of allylic oxidation sites excluding steroid dienone is 2. The van der Waals surface area contributed by atoms with Crippen LogP contribution in [0.1, 0.15) is 69.6 Å². The van der Waals surface area contributed by atoms with E-state index < -0.39 is 0 Å². The van der Waals surface area contributed by atoms with Crippen LogP contribution in [-0.2, 0) is 11.3 Å². The molecule has 5 heteroatoms. The van der Waals surface area contributed by atoms with Crippen LogP contribution in [0.25, 0.3) is 5.57 Å². The van der Waals surface area contributed by atoms with Crippen molar-refractivity contribution in [3.05, 3.63) is 108 Å². The summed E-state index contributed by atoms with van der Waals surface area (Å²) in [6, 6.07) is 16.9. The predicted octanol–water partition coefficient (Wildman–Crippen LogP) is 8.42. The lowest BCUT2D eigenvalue weighted by Crippen LogP contribution is -2.32. The monoisotopic (exact) mass is 516 g/mol. The Balaban J connectivity index is 0.00000247. The van der Waals surface area contributed by atoms with Crippen molar-refractivity contribution in [3.8, 4) is 5.75 Å². The molecule has 0 aromatic heterocycles. The summed E-state index contributed by atoms with van der Waals surface area (Å²) in [4.78, 5) is 2.19. The van der Waals surface area contributed by atoms with Gasteiger partial charge in [-0.05, 0) is 113 Å². The normalized spacial score (nSPS) is 14.2. The van der Waals surface area contributed by atoms with E-state index in [9.17, 15) is 0 Å². The molecule has 0 saturated carbocycles. The number of aliphatic hydroxyl groups excluding tert-OH is 1. The SMILES string of the molecule is C=C(C)CC(C/C=C\O)c1ccc(OCc2cccc(C3=CCN(C(=C)OC(C)(C)C)CC3)c2)cc1.C=N. The van der Waals surface area contributed by atoms with Gasteiger partial charge in [0.15, 0.2) is 5.88 Å². The smallest absolute Gasteiger partial charge is 0.182 e. The number of aliphatic hydroxyl groups is 1. The predicted molar refractivity (Wildman–Crippen MR) is 160 cm³/mol. The Morgan fingerprint density at radius 3 is 2.42 bits per heavy atom. The van der Waals surface area contributed by atoms with Gasteiger partial charge in [0.05, 0.1) is 6.26 Å². The third kappa shape index (κ3) is 9.97. The summed E-state index contributed by atoms with van der Waals surface area (Å²) in [6.45, 7) is 21.1. The molecule has 1 aliphatic rings. The fourth-order valence-electron chi connectivity index (χ4n) is 4.42. The highest BCUT2D eigenvalue weighted by Crippen LogP contribution is 2.29. The summed E-state index contributed by atoms with van der Waals surface area (Å²) < 4.78 is 12.0. The lowest BCUT2D eigenvalue weighted by Gasteiger charge is -2.33. The fraction of sp³-hybridized carbons (Fsp3) is 0.364. The number of hydrogen-bond donors (Lipinski definition) is 2. The number of nitrogens with zero attached hydrogens (tertiary/aromatic N) is 1. The van der Waals surface area contributed by atoms with Crippen molar-refractivity contribution in [2.75, 3.05) is 13.1 Å². The van der Waals surface area contributed by atoms with Crippen molar-refractivity contribution in [1.82, 2.24) is 4.90 Å². The van der Waals surface area contributed by atoms with Crippen molar-refractivity contribution in [2.45, 2.75) is 65.1 Å². The third-order valence-electron chi connectivity index (χ3n) is 6.16. The van der Waals surface area contributed by atoms with Crippen LogP contribution in [0.2, 0.25) is 0 Å². The first-order valence-electron chi connectivity index (χ1n) is 13.1. The molecule has 1 aliphatic heterocycles. The second-order valence-electron chi connectivity index (χ2n) is 10.6. The van der Waals surface area contributed by atoms with Crippen LogP contribution in [0.15, 0.2) is 91.6 Å². The van der Waals surface area contributed by atoms with E-state index in [4.69, 9.17) is 20.0 Å². The standard InChI is InChI=1S/C32H41NO3.CH3N/c1-24(2)21-29(11-8-20-34)27-12-14-31(15-13-27)35-23-26-9-7-10-30(22-26)28-16-18-33(19-17-28)25(3)36-32(4,5)6;1-2/h7-10,12-16,20,22,29,34H,1,3,11,17-19,21,23H2,2,4-6H3;2H,1H2/b20-8-;. The molecule has 0 aliphatic carbocycles. The number of nitrogens with one attached hydrogen (secondary N) is 1. The largest absolute Gasteiger partial charge is 0.516 e. The van der Waals surface area contributed by atoms with Crippen LogP contribution >= 0.6 is 0 Å². The minimum absolute atomic E-state index is 0.237. The highest BCUT2D eigenvalue weighted by atomic mass is 16.5. The maximum Gasteiger partial charge on any atom is 0.182 e. The molecular weight excluding hydrogens is 472 g/mol. The molecule has 1 heterocycles. The molecule has 2 aromatic carbocycles. The van der Waals surface area contributed by atoms with Gasteiger partial charge in [0.2, 0.25) is 0 Å². The molecule has 204 valence electrons. The molecule has 0 bridgehead atoms. The van der Waals surface area contributed by atoms with Gasteiger partial charge < -0.3 is 24.9 Å². The lowest BCUT2D eigenvalue weighted by atomic mass is 9.90. The number of hydrogen-bond acceptors (Lipinski definition) is 5. The minimum atomic E-state index is -0.237. The van der Waals surface area contributed by atoms with Crippen molar-refractivity contribution in [1.29, 1.82) is 5.41 Å². The molecule has 0 fully saturated rings. The highest BCUT2D eigenvalue weighted by Gasteiger charge is 2.20. The summed E-state index contributed by atoms with van der Waals surface area (Å²) in [5, 5.41) is 14.6. The quantitative estimate of drug-likeness (QED) is 0.179. The van der Waals surface area contributed by atoms with E-state index in [2.05, 4.69) is 67.2 Å². The van der Waals surface area contributed by atoms with Crippen LogP contribution in [0.5, 0.6) is 5.75 Å². The minimum Gasteiger partial charge on any atom is -0.516 e. The molecule has 0 spiro atoms. The van der Waals surface area contributed by atoms with E-state index in [0.717, 1.165) is 61.4 Å². The van der Waals surface area contributed by atoms with Gasteiger partial charge in [-0.15, -0.1) is 6.58 Å². The average Bonchev–Trinajstić information content (AvgIpc) is 2.90. The summed E-state index contributed by atoms with van der Waals surface area (Å²) >= 11 is 0. The summed E-state index contributed by atoms with van der Waals surface area (Å²) in [7, 11) is 0. The zero-order chi connectivity index (χ0) is 28.1. The van der Waals surface area contributed by atoms with E-state index in [0.29, 0.717) is 12.5 Å². The van der Waals surface area contributed by atoms with Crippen molar-refractivity contribution in [3.63, 3.8) is 0 Å². The highest BCUT2D eigenvalue weighted by molar-refractivity contribution is 5.67. The Morgan fingerprint density at radius 2 is 1.84 bits per heavy atom. The van der Waals surface area contributed by atoms with Crippen LogP contribution in [-0.4, -0.2) is 35.4 Å². The number of ether oxygens (including phenoxy) is 2. The topological polar surface area (TPSA) is 65.8 Å². The van der Waals surface area contributed by atoms with E-state index in [1.165, 1.54) is 16.7 Å². The molecule has 3 rings (SSSR count). The molecule has 5 nitrogen and oxygen atoms in total. The van der Waals surface area contributed by atoms with Crippen molar-refractivity contribution in [2.24, 2.45) is 0 Å². The van der Waals surface area contributed by atoms with Gasteiger partial charge in [0.25, 0.3) is 0 Å². The van der Waals surface area contributed by atoms with Crippen LogP contribution < -0.4 is 4.74 Å². The van der Waals surface area contributed by atoms with Crippen LogP contribution in [0, 0.1) is 5.41 Å². The van der Waals surface area contributed by atoms with Gasteiger partial charge in [0.1, 0.15) is 18.0 Å². The summed E-state index contributed by atoms with van der Waals surface area (Å²) in [5.41, 5.74) is 5.86. The Labute approximate surface area is 229 Å². The maximum atomic E-state index is 9.05. The van der Waals surface area contributed by atoms with Gasteiger partial charge in [-0.2, -0.15) is 0 Å². The Morgan fingerprint density at radius 1 is 1.13 bits per heavy atom. The first-order chi connectivity index (χ1) is 18.1. The second-order valence-corrected chi connectivity index (χ2v) is 10.6. The van der Waals surface area contributed by atoms with E-state index >= 15 is 0 Å². The molecule has 0 saturated heterocycles. The summed E-state index contributed by atoms with van der Waals surface area (Å²) in [5.74, 6) is 1.89. The Kier molecular flexibility index (Phi) is 11.9. The maximum absolute atomic E-state index is 9.05. The van der Waals surface area contributed by atoms with E-state index in [1.54, 1.807) is 6.08 Å². The lowest BCUT2D eigenvalue weighted by molar-refractivity contribution is 0.00562. The number of benzene rings is 2. The molecule has 1 atom stereocenters. The zero-order valence-corrected chi connectivity index (χ0v) is 23.5. The first-order valence-corrected chi connectivity index (χ1v) is 13.1. The Hall–Kier alpha value is -3.73. The molecule has 2 N–H and O–H groups in total. The van der Waals surface area contributed by atoms with Crippen molar-refractivity contribution < 1.29 is 14.6 Å². The fourth-order valence-corrected chi connectivity index (χ4v) is 4.42. The third-order valence-corrected chi connectivity index (χ3v) is 6.16.